The zero-order valence-corrected chi connectivity index (χ0v) is 18.2. The number of halogens is 2. The van der Waals surface area contributed by atoms with Crippen LogP contribution in [0.4, 0.5) is 8.78 Å². The lowest BCUT2D eigenvalue weighted by molar-refractivity contribution is -0.137. The third-order valence-electron chi connectivity index (χ3n) is 5.90. The first-order chi connectivity index (χ1) is 15.5. The van der Waals surface area contributed by atoms with Crippen LogP contribution in [0.25, 0.3) is 6.08 Å². The maximum Gasteiger partial charge on any atom is 0.332 e. The van der Waals surface area contributed by atoms with Crippen LogP contribution in [-0.4, -0.2) is 23.3 Å². The highest BCUT2D eigenvalue weighted by Crippen LogP contribution is 2.45. The van der Waals surface area contributed by atoms with Crippen molar-refractivity contribution in [1.29, 1.82) is 0 Å². The van der Waals surface area contributed by atoms with E-state index in [0.717, 1.165) is 41.7 Å². The van der Waals surface area contributed by atoms with Crippen LogP contribution in [-0.2, 0) is 9.53 Å². The molecule has 1 saturated carbocycles. The maximum absolute atomic E-state index is 13.6. The summed E-state index contributed by atoms with van der Waals surface area (Å²) in [6.45, 7) is 3.89. The van der Waals surface area contributed by atoms with Gasteiger partial charge in [-0.1, -0.05) is 24.3 Å². The Balaban J connectivity index is 1.74. The molecule has 0 bridgehead atoms. The fourth-order valence-corrected chi connectivity index (χ4v) is 4.47. The zero-order valence-electron chi connectivity index (χ0n) is 18.2. The second-order valence-corrected chi connectivity index (χ2v) is 8.08. The van der Waals surface area contributed by atoms with Crippen molar-refractivity contribution in [3.05, 3.63) is 88.6 Å². The van der Waals surface area contributed by atoms with Gasteiger partial charge in [0.05, 0.1) is 18.4 Å². The molecule has 1 aliphatic heterocycles. The number of hydrazone groups is 1. The largest absolute Gasteiger partial charge is 0.463 e. The Morgan fingerprint density at radius 2 is 1.78 bits per heavy atom. The molecule has 0 radical (unpaired) electrons. The molecular weight excluding hydrogens is 410 g/mol. The molecule has 0 amide bonds. The lowest BCUT2D eigenvalue weighted by atomic mass is 9.77. The van der Waals surface area contributed by atoms with E-state index in [1.54, 1.807) is 31.2 Å². The molecule has 2 atom stereocenters. The molecule has 1 fully saturated rings. The molecule has 1 aliphatic carbocycles. The van der Waals surface area contributed by atoms with E-state index in [9.17, 15) is 13.6 Å². The number of carbonyl (C=O) groups excluding carboxylic acids is 1. The first-order valence-corrected chi connectivity index (χ1v) is 10.9. The van der Waals surface area contributed by atoms with E-state index >= 15 is 0 Å². The Labute approximate surface area is 186 Å². The van der Waals surface area contributed by atoms with E-state index in [2.05, 4.69) is 6.08 Å². The number of fused-ring (bicyclic) bond motifs is 1. The van der Waals surface area contributed by atoms with Crippen LogP contribution in [0.3, 0.4) is 0 Å². The van der Waals surface area contributed by atoms with E-state index in [4.69, 9.17) is 9.84 Å². The van der Waals surface area contributed by atoms with Gasteiger partial charge in [-0.3, -0.25) is 5.01 Å². The van der Waals surface area contributed by atoms with Gasteiger partial charge in [-0.25, -0.2) is 13.6 Å². The van der Waals surface area contributed by atoms with E-state index in [1.165, 1.54) is 30.3 Å². The first kappa shape index (κ1) is 21.9. The summed E-state index contributed by atoms with van der Waals surface area (Å²) in [5.74, 6) is -0.876. The quantitative estimate of drug-likeness (QED) is 0.425. The van der Waals surface area contributed by atoms with E-state index in [1.807, 2.05) is 11.9 Å². The van der Waals surface area contributed by atoms with Crippen molar-refractivity contribution < 1.29 is 18.3 Å². The number of rotatable bonds is 5. The minimum absolute atomic E-state index is 0.103. The molecule has 32 heavy (non-hydrogen) atoms. The van der Waals surface area contributed by atoms with Gasteiger partial charge in [0.1, 0.15) is 11.6 Å². The molecule has 0 N–H and O–H groups in total. The highest BCUT2D eigenvalue weighted by atomic mass is 19.1. The summed E-state index contributed by atoms with van der Waals surface area (Å²) >= 11 is 0. The Kier molecular flexibility index (Phi) is 6.49. The van der Waals surface area contributed by atoms with Crippen LogP contribution in [0.2, 0.25) is 0 Å². The Morgan fingerprint density at radius 1 is 1.12 bits per heavy atom. The third-order valence-corrected chi connectivity index (χ3v) is 5.90. The van der Waals surface area contributed by atoms with Crippen molar-refractivity contribution in [3.8, 4) is 0 Å². The van der Waals surface area contributed by atoms with Crippen LogP contribution in [0, 0.1) is 17.6 Å². The number of ether oxygens (including phenoxy) is 1. The Morgan fingerprint density at radius 3 is 2.44 bits per heavy atom. The molecule has 6 heteroatoms. The van der Waals surface area contributed by atoms with Crippen LogP contribution >= 0.6 is 0 Å². The highest BCUT2D eigenvalue weighted by Gasteiger charge is 2.41. The van der Waals surface area contributed by atoms with Gasteiger partial charge in [0.15, 0.2) is 0 Å². The zero-order chi connectivity index (χ0) is 22.7. The number of nitrogens with zero attached hydrogens (tertiary/aromatic N) is 2. The van der Waals surface area contributed by atoms with Gasteiger partial charge in [-0.2, -0.15) is 5.10 Å². The second-order valence-electron chi connectivity index (χ2n) is 8.08. The molecular formula is C26H26F2N2O2. The summed E-state index contributed by atoms with van der Waals surface area (Å²) in [7, 11) is 0. The van der Waals surface area contributed by atoms with E-state index < -0.39 is 5.97 Å². The maximum atomic E-state index is 13.6. The fraction of sp³-hybridized carbons (Fsp3) is 0.308. The third kappa shape index (κ3) is 4.64. The van der Waals surface area contributed by atoms with Gasteiger partial charge in [-0.05, 0) is 80.2 Å². The molecule has 4 nitrogen and oxygen atoms in total. The molecule has 166 valence electrons. The Bertz CT molecular complexity index is 1070. The van der Waals surface area contributed by atoms with Gasteiger partial charge in [-0.15, -0.1) is 0 Å². The predicted octanol–water partition coefficient (Wildman–Crippen LogP) is 6.03. The van der Waals surface area contributed by atoms with Crippen molar-refractivity contribution in [1.82, 2.24) is 5.01 Å². The summed E-state index contributed by atoms with van der Waals surface area (Å²) in [6, 6.07) is 12.7. The number of esters is 1. The van der Waals surface area contributed by atoms with Gasteiger partial charge in [0.2, 0.25) is 0 Å². The van der Waals surface area contributed by atoms with Crippen LogP contribution in [0.1, 0.15) is 50.3 Å². The molecule has 0 aromatic heterocycles. The fourth-order valence-electron chi connectivity index (χ4n) is 4.47. The molecule has 2 aromatic rings. The number of hydrogen-bond acceptors (Lipinski definition) is 4. The average Bonchev–Trinajstić information content (AvgIpc) is 3.17. The van der Waals surface area contributed by atoms with Crippen molar-refractivity contribution in [2.24, 2.45) is 11.0 Å². The summed E-state index contributed by atoms with van der Waals surface area (Å²) in [5.41, 5.74) is 4.59. The van der Waals surface area contributed by atoms with Crippen LogP contribution in [0.15, 0.2) is 71.0 Å². The van der Waals surface area contributed by atoms with Gasteiger partial charge in [0, 0.05) is 17.7 Å². The van der Waals surface area contributed by atoms with Crippen molar-refractivity contribution in [2.75, 3.05) is 6.61 Å². The number of hydrogen-bond donors (Lipinski definition) is 0. The lowest BCUT2D eigenvalue weighted by Gasteiger charge is -2.31. The standard InChI is InChI=1S/C26H26F2N2O2/c1-3-32-24(31)15-17(2)30-26(19-9-13-22(28)14-10-19)23-6-4-5-20(25(23)29-30)16-18-7-11-21(27)12-8-18/h7-16,23,26H,3-6H2,1-2H3/b17-15+,20-16-/t23-,26-/m1/s1. The molecule has 0 unspecified atom stereocenters. The van der Waals surface area contributed by atoms with E-state index in [0.29, 0.717) is 12.3 Å². The molecule has 4 rings (SSSR count). The number of benzene rings is 2. The summed E-state index contributed by atoms with van der Waals surface area (Å²) in [6.07, 6.45) is 6.30. The smallest absolute Gasteiger partial charge is 0.332 e. The van der Waals surface area contributed by atoms with Crippen molar-refractivity contribution >= 4 is 17.8 Å². The predicted molar refractivity (Wildman–Crippen MR) is 121 cm³/mol. The van der Waals surface area contributed by atoms with Crippen LogP contribution < -0.4 is 0 Å². The number of allylic oxidation sites excluding steroid dienone is 2. The molecule has 0 saturated heterocycles. The topological polar surface area (TPSA) is 41.9 Å². The van der Waals surface area contributed by atoms with Crippen LogP contribution in [0.5, 0.6) is 0 Å². The average molecular weight is 437 g/mol. The molecule has 1 heterocycles. The van der Waals surface area contributed by atoms with E-state index in [-0.39, 0.29) is 23.6 Å². The SMILES string of the molecule is CCOC(=O)/C=C(\C)N1N=C2/C(=C\c3ccc(F)cc3)CCC[C@H]2[C@H]1c1ccc(F)cc1. The first-order valence-electron chi connectivity index (χ1n) is 10.9. The monoisotopic (exact) mass is 436 g/mol. The highest BCUT2D eigenvalue weighted by molar-refractivity contribution is 6.07. The lowest BCUT2D eigenvalue weighted by Crippen LogP contribution is -2.27. The molecule has 2 aromatic carbocycles. The van der Waals surface area contributed by atoms with Gasteiger partial charge < -0.3 is 4.74 Å². The second kappa shape index (κ2) is 9.47. The minimum atomic E-state index is -0.417. The Hall–Kier alpha value is -3.28. The summed E-state index contributed by atoms with van der Waals surface area (Å²) in [4.78, 5) is 12.1. The molecule has 2 aliphatic rings. The normalized spacial score (nSPS) is 22.0. The molecule has 0 spiro atoms. The van der Waals surface area contributed by atoms with Gasteiger partial charge in [0.25, 0.3) is 0 Å². The summed E-state index contributed by atoms with van der Waals surface area (Å²) in [5, 5.41) is 6.79. The van der Waals surface area contributed by atoms with Crippen molar-refractivity contribution in [2.45, 2.75) is 39.2 Å². The summed E-state index contributed by atoms with van der Waals surface area (Å²) < 4.78 is 32.0. The van der Waals surface area contributed by atoms with Crippen molar-refractivity contribution in [3.63, 3.8) is 0 Å². The number of carbonyl (C=O) groups is 1. The minimum Gasteiger partial charge on any atom is -0.463 e. The van der Waals surface area contributed by atoms with Gasteiger partial charge >= 0.3 is 5.97 Å².